The predicted molar refractivity (Wildman–Crippen MR) is 76.3 cm³/mol. The minimum absolute atomic E-state index is 0.145. The fraction of sp³-hybridized carbons (Fsp3) is 0.733. The van der Waals surface area contributed by atoms with Crippen LogP contribution in [0.3, 0.4) is 0 Å². The zero-order valence-corrected chi connectivity index (χ0v) is 12.6. The van der Waals surface area contributed by atoms with Crippen LogP contribution < -0.4 is 0 Å². The van der Waals surface area contributed by atoms with E-state index in [0.717, 1.165) is 5.57 Å². The highest BCUT2D eigenvalue weighted by Gasteiger charge is 2.38. The first-order valence-corrected chi connectivity index (χ1v) is 6.92. The molecule has 0 amide bonds. The van der Waals surface area contributed by atoms with Crippen LogP contribution in [0.1, 0.15) is 20.8 Å². The Hall–Kier alpha value is -0.720. The molecule has 116 valence electrons. The monoisotopic (exact) mass is 286 g/mol. The molecule has 1 heterocycles. The lowest BCUT2D eigenvalue weighted by molar-refractivity contribution is -0.158. The topological polar surface area (TPSA) is 79.2 Å². The predicted octanol–water partition coefficient (Wildman–Crippen LogP) is 0.641. The molecule has 6 atom stereocenters. The van der Waals surface area contributed by atoms with E-state index >= 15 is 0 Å². The minimum Gasteiger partial charge on any atom is -0.390 e. The third-order valence-electron chi connectivity index (χ3n) is 3.63. The zero-order chi connectivity index (χ0) is 15.3. The molecule has 0 spiro atoms. The van der Waals surface area contributed by atoms with Gasteiger partial charge in [-0.3, -0.25) is 0 Å². The number of ether oxygens (including phenoxy) is 2. The Morgan fingerprint density at radius 3 is 2.60 bits per heavy atom. The van der Waals surface area contributed by atoms with E-state index in [9.17, 15) is 10.2 Å². The van der Waals surface area contributed by atoms with Gasteiger partial charge in [0.05, 0.1) is 24.9 Å². The maximum atomic E-state index is 10.3. The Morgan fingerprint density at radius 2 is 2.05 bits per heavy atom. The molecule has 0 unspecified atom stereocenters. The molecule has 0 aromatic heterocycles. The van der Waals surface area contributed by atoms with Crippen molar-refractivity contribution in [3.05, 3.63) is 23.8 Å². The smallest absolute Gasteiger partial charge is 0.110 e. The molecule has 3 N–H and O–H groups in total. The van der Waals surface area contributed by atoms with E-state index in [0.29, 0.717) is 6.61 Å². The second-order valence-corrected chi connectivity index (χ2v) is 5.45. The summed E-state index contributed by atoms with van der Waals surface area (Å²) in [5, 5.41) is 28.9. The largest absolute Gasteiger partial charge is 0.390 e. The number of aliphatic hydroxyl groups excluding tert-OH is 3. The van der Waals surface area contributed by atoms with Crippen LogP contribution in [0, 0.1) is 5.92 Å². The van der Waals surface area contributed by atoms with E-state index in [1.807, 2.05) is 13.8 Å². The normalized spacial score (nSPS) is 35.2. The van der Waals surface area contributed by atoms with Gasteiger partial charge in [-0.15, -0.1) is 0 Å². The standard InChI is InChI=1S/C15H26O5/c1-9(6-5-7-12(17)11(3)16)15-13(18)14(19-4)10(2)8-20-15/h5-7,10-18H,8H2,1-4H3/b7-5+,9-6+/t10-,11-,12-,13+,14-,15-/m0/s1. The van der Waals surface area contributed by atoms with E-state index in [2.05, 4.69) is 0 Å². The molecule has 1 fully saturated rings. The van der Waals surface area contributed by atoms with E-state index in [1.165, 1.54) is 13.0 Å². The lowest BCUT2D eigenvalue weighted by Crippen LogP contribution is -2.50. The van der Waals surface area contributed by atoms with Gasteiger partial charge in [0.1, 0.15) is 12.2 Å². The van der Waals surface area contributed by atoms with Crippen LogP contribution >= 0.6 is 0 Å². The van der Waals surface area contributed by atoms with Gasteiger partial charge in [-0.1, -0.05) is 25.2 Å². The van der Waals surface area contributed by atoms with Crippen molar-refractivity contribution in [1.82, 2.24) is 0 Å². The first-order chi connectivity index (χ1) is 9.38. The quantitative estimate of drug-likeness (QED) is 0.646. The van der Waals surface area contributed by atoms with Crippen LogP contribution in [0.25, 0.3) is 0 Å². The Balaban J connectivity index is 2.69. The molecule has 1 saturated heterocycles. The lowest BCUT2D eigenvalue weighted by atomic mass is 9.90. The summed E-state index contributed by atoms with van der Waals surface area (Å²) in [5.74, 6) is 0.145. The lowest BCUT2D eigenvalue weighted by Gasteiger charge is -2.38. The fourth-order valence-corrected chi connectivity index (χ4v) is 2.31. The van der Waals surface area contributed by atoms with E-state index in [4.69, 9.17) is 14.6 Å². The van der Waals surface area contributed by atoms with Gasteiger partial charge < -0.3 is 24.8 Å². The van der Waals surface area contributed by atoms with E-state index in [1.54, 1.807) is 19.3 Å². The summed E-state index contributed by atoms with van der Waals surface area (Å²) in [4.78, 5) is 0. The van der Waals surface area contributed by atoms with Gasteiger partial charge in [0.15, 0.2) is 0 Å². The zero-order valence-electron chi connectivity index (χ0n) is 12.6. The van der Waals surface area contributed by atoms with Gasteiger partial charge in [-0.2, -0.15) is 0 Å². The van der Waals surface area contributed by atoms with Crippen LogP contribution in [0.5, 0.6) is 0 Å². The van der Waals surface area contributed by atoms with Crippen LogP contribution in [0.15, 0.2) is 23.8 Å². The fourth-order valence-electron chi connectivity index (χ4n) is 2.31. The van der Waals surface area contributed by atoms with Crippen molar-refractivity contribution in [3.63, 3.8) is 0 Å². The number of methoxy groups -OCH3 is 1. The molecular weight excluding hydrogens is 260 g/mol. The summed E-state index contributed by atoms with van der Waals surface area (Å²) in [7, 11) is 1.59. The van der Waals surface area contributed by atoms with Gasteiger partial charge in [-0.05, 0) is 19.4 Å². The van der Waals surface area contributed by atoms with Gasteiger partial charge >= 0.3 is 0 Å². The molecule has 1 aliphatic rings. The number of hydrogen-bond donors (Lipinski definition) is 3. The Bertz CT molecular complexity index is 350. The Labute approximate surface area is 120 Å². The minimum atomic E-state index is -0.900. The van der Waals surface area contributed by atoms with Crippen molar-refractivity contribution in [2.24, 2.45) is 5.92 Å². The van der Waals surface area contributed by atoms with Crippen molar-refractivity contribution < 1.29 is 24.8 Å². The van der Waals surface area contributed by atoms with Crippen molar-refractivity contribution in [2.45, 2.75) is 51.3 Å². The molecule has 0 radical (unpaired) electrons. The second kappa shape index (κ2) is 7.90. The molecule has 0 aliphatic carbocycles. The number of rotatable bonds is 5. The summed E-state index contributed by atoms with van der Waals surface area (Å²) in [6, 6.07) is 0. The first-order valence-electron chi connectivity index (χ1n) is 6.92. The Morgan fingerprint density at radius 1 is 1.40 bits per heavy atom. The van der Waals surface area contributed by atoms with Gasteiger partial charge in [0.2, 0.25) is 0 Å². The summed E-state index contributed by atoms with van der Waals surface area (Å²) in [5.41, 5.74) is 0.848. The van der Waals surface area contributed by atoms with E-state index < -0.39 is 24.4 Å². The summed E-state index contributed by atoms with van der Waals surface area (Å²) < 4.78 is 11.0. The van der Waals surface area contributed by atoms with Gasteiger partial charge in [0.25, 0.3) is 0 Å². The van der Waals surface area contributed by atoms with Crippen molar-refractivity contribution >= 4 is 0 Å². The molecule has 0 bridgehead atoms. The van der Waals surface area contributed by atoms with Crippen LogP contribution in [0.4, 0.5) is 0 Å². The number of aliphatic hydroxyl groups is 3. The SMILES string of the molecule is CO[C@@H]1[C@@H](O)[C@H](/C(C)=C/C=C/[C@H](O)[C@H](C)O)OC[C@@H]1C. The number of hydrogen-bond acceptors (Lipinski definition) is 5. The average molecular weight is 286 g/mol. The first kappa shape index (κ1) is 17.3. The third kappa shape index (κ3) is 4.40. The molecule has 1 aliphatic heterocycles. The average Bonchev–Trinajstić information content (AvgIpc) is 2.38. The van der Waals surface area contributed by atoms with Gasteiger partial charge in [-0.25, -0.2) is 0 Å². The van der Waals surface area contributed by atoms with Crippen LogP contribution in [-0.2, 0) is 9.47 Å². The van der Waals surface area contributed by atoms with E-state index in [-0.39, 0.29) is 12.0 Å². The number of allylic oxidation sites excluding steroid dienone is 2. The maximum Gasteiger partial charge on any atom is 0.110 e. The van der Waals surface area contributed by atoms with Crippen molar-refractivity contribution in [3.8, 4) is 0 Å². The van der Waals surface area contributed by atoms with Gasteiger partial charge in [0, 0.05) is 13.0 Å². The molecule has 0 saturated carbocycles. The highest BCUT2D eigenvalue weighted by Crippen LogP contribution is 2.26. The van der Waals surface area contributed by atoms with Crippen LogP contribution in [0.2, 0.25) is 0 Å². The second-order valence-electron chi connectivity index (χ2n) is 5.45. The molecule has 0 aromatic rings. The highest BCUT2D eigenvalue weighted by molar-refractivity contribution is 5.18. The molecule has 0 aromatic carbocycles. The summed E-state index contributed by atoms with van der Waals surface area (Å²) >= 11 is 0. The molecule has 1 rings (SSSR count). The summed E-state index contributed by atoms with van der Waals surface area (Å²) in [6.07, 6.45) is 1.84. The maximum absolute atomic E-state index is 10.3. The summed E-state index contributed by atoms with van der Waals surface area (Å²) in [6.45, 7) is 5.89. The van der Waals surface area contributed by atoms with Crippen molar-refractivity contribution in [2.75, 3.05) is 13.7 Å². The molecule has 5 nitrogen and oxygen atoms in total. The molecule has 5 heteroatoms. The molecular formula is C15H26O5. The highest BCUT2D eigenvalue weighted by atomic mass is 16.5. The Kier molecular flexibility index (Phi) is 6.85. The van der Waals surface area contributed by atoms with Crippen LogP contribution in [-0.4, -0.2) is 59.6 Å². The van der Waals surface area contributed by atoms with Crippen molar-refractivity contribution in [1.29, 1.82) is 0 Å². The molecule has 20 heavy (non-hydrogen) atoms. The third-order valence-corrected chi connectivity index (χ3v) is 3.63.